The van der Waals surface area contributed by atoms with E-state index in [0.29, 0.717) is 16.8 Å². The van der Waals surface area contributed by atoms with Gasteiger partial charge >= 0.3 is 0 Å². The maximum absolute atomic E-state index is 14.1. The van der Waals surface area contributed by atoms with E-state index in [1.54, 1.807) is 12.1 Å². The molecule has 1 N–H and O–H groups in total. The minimum Gasteiger partial charge on any atom is -0.503 e. The first-order valence-electron chi connectivity index (χ1n) is 13.3. The molecule has 2 aliphatic heterocycles. The van der Waals surface area contributed by atoms with Crippen LogP contribution in [0.5, 0.6) is 11.5 Å². The number of halogens is 3. The van der Waals surface area contributed by atoms with Crippen molar-refractivity contribution in [1.29, 1.82) is 0 Å². The Morgan fingerprint density at radius 1 is 1.02 bits per heavy atom. The van der Waals surface area contributed by atoms with Gasteiger partial charge in [0.05, 0.1) is 29.7 Å². The summed E-state index contributed by atoms with van der Waals surface area (Å²) in [4.78, 5) is 53.3. The molecular weight excluding hydrogens is 591 g/mol. The zero-order valence-corrected chi connectivity index (χ0v) is 24.8. The standard InChI is InChI=1S/C30H27Cl3N2O6/c1-4-14-5-7-16(8-6-14)35-25(37)18-10-9-17-19(22(18)26(35)38)13-29(32)27(39)34(2)28(40)30(29,33)23(17)15-11-20(31)24(36)21(12-15)41-3/h5-9,11-12,18-19,22-23,36H,4,10,13H2,1-3H3/t18-,19+,22-,23-,29+,30-/m0/s1. The number of hydrogen-bond donors (Lipinski definition) is 1. The Morgan fingerprint density at radius 2 is 1.71 bits per heavy atom. The van der Waals surface area contributed by atoms with Gasteiger partial charge in [-0.2, -0.15) is 0 Å². The maximum atomic E-state index is 14.1. The Balaban J connectivity index is 1.51. The van der Waals surface area contributed by atoms with Gasteiger partial charge in [-0.05, 0) is 60.6 Å². The first-order valence-corrected chi connectivity index (χ1v) is 14.5. The highest BCUT2D eigenvalue weighted by atomic mass is 35.5. The van der Waals surface area contributed by atoms with Gasteiger partial charge in [-0.25, -0.2) is 0 Å². The number of phenols is 1. The average molecular weight is 618 g/mol. The smallest absolute Gasteiger partial charge is 0.253 e. The number of likely N-dealkylation sites (tertiary alicyclic amines) is 1. The molecule has 0 spiro atoms. The van der Waals surface area contributed by atoms with Crippen LogP contribution in [0.1, 0.15) is 36.8 Å². The van der Waals surface area contributed by atoms with Crippen LogP contribution in [0.25, 0.3) is 0 Å². The molecule has 0 bridgehead atoms. The third kappa shape index (κ3) is 3.60. The molecule has 3 fully saturated rings. The van der Waals surface area contributed by atoms with Gasteiger partial charge in [0.2, 0.25) is 11.8 Å². The van der Waals surface area contributed by atoms with Crippen molar-refractivity contribution >= 4 is 64.1 Å². The summed E-state index contributed by atoms with van der Waals surface area (Å²) in [6.45, 7) is 2.02. The third-order valence-corrected chi connectivity index (χ3v) is 10.9. The van der Waals surface area contributed by atoms with E-state index in [1.807, 2.05) is 25.1 Å². The number of aromatic hydroxyl groups is 1. The molecule has 2 saturated heterocycles. The predicted molar refractivity (Wildman–Crippen MR) is 153 cm³/mol. The Labute approximate surface area is 251 Å². The van der Waals surface area contributed by atoms with Gasteiger partial charge < -0.3 is 9.84 Å². The molecule has 214 valence electrons. The molecule has 0 unspecified atom stereocenters. The average Bonchev–Trinajstić information content (AvgIpc) is 3.29. The molecule has 4 aliphatic rings. The van der Waals surface area contributed by atoms with Crippen LogP contribution in [-0.2, 0) is 25.6 Å². The van der Waals surface area contributed by atoms with Gasteiger partial charge in [-0.3, -0.25) is 29.0 Å². The molecule has 1 saturated carbocycles. The van der Waals surface area contributed by atoms with E-state index in [-0.39, 0.29) is 41.2 Å². The highest BCUT2D eigenvalue weighted by Gasteiger charge is 2.76. The summed E-state index contributed by atoms with van der Waals surface area (Å²) in [6, 6.07) is 10.2. The number of alkyl halides is 2. The van der Waals surface area contributed by atoms with E-state index in [0.717, 1.165) is 16.9 Å². The fraction of sp³-hybridized carbons (Fsp3) is 0.400. The molecule has 6 rings (SSSR count). The molecule has 2 aliphatic carbocycles. The van der Waals surface area contributed by atoms with Crippen molar-refractivity contribution in [3.63, 3.8) is 0 Å². The number of rotatable bonds is 4. The lowest BCUT2D eigenvalue weighted by atomic mass is 9.56. The van der Waals surface area contributed by atoms with E-state index in [1.165, 1.54) is 31.2 Å². The molecule has 6 atom stereocenters. The molecule has 11 heteroatoms. The van der Waals surface area contributed by atoms with Crippen LogP contribution in [0.15, 0.2) is 48.0 Å². The number of allylic oxidation sites excluding steroid dienone is 2. The van der Waals surface area contributed by atoms with Crippen molar-refractivity contribution < 1.29 is 29.0 Å². The second-order valence-corrected chi connectivity index (χ2v) is 12.7. The molecule has 41 heavy (non-hydrogen) atoms. The maximum Gasteiger partial charge on any atom is 0.253 e. The van der Waals surface area contributed by atoms with E-state index in [2.05, 4.69) is 0 Å². The second kappa shape index (κ2) is 9.48. The number of hydrogen-bond acceptors (Lipinski definition) is 6. The van der Waals surface area contributed by atoms with Crippen LogP contribution in [0.3, 0.4) is 0 Å². The fourth-order valence-corrected chi connectivity index (χ4v) is 8.41. The molecule has 4 amide bonds. The first kappa shape index (κ1) is 28.1. The summed E-state index contributed by atoms with van der Waals surface area (Å²) >= 11 is 20.7. The van der Waals surface area contributed by atoms with Gasteiger partial charge in [-0.1, -0.05) is 42.3 Å². The van der Waals surface area contributed by atoms with E-state index < -0.39 is 45.2 Å². The summed E-state index contributed by atoms with van der Waals surface area (Å²) in [7, 11) is 2.68. The van der Waals surface area contributed by atoms with Crippen LogP contribution in [0, 0.1) is 17.8 Å². The quantitative estimate of drug-likeness (QED) is 0.300. The molecule has 0 radical (unpaired) electrons. The molecule has 2 aromatic carbocycles. The lowest BCUT2D eigenvalue weighted by Gasteiger charge is -2.50. The second-order valence-electron chi connectivity index (χ2n) is 11.1. The van der Waals surface area contributed by atoms with Gasteiger partial charge in [0.1, 0.15) is 0 Å². The number of aryl methyl sites for hydroxylation is 1. The molecule has 0 aromatic heterocycles. The first-order chi connectivity index (χ1) is 19.4. The van der Waals surface area contributed by atoms with E-state index in [9.17, 15) is 24.3 Å². The molecule has 8 nitrogen and oxygen atoms in total. The molecular formula is C30H27Cl3N2O6. The predicted octanol–water partition coefficient (Wildman–Crippen LogP) is 4.81. The number of ether oxygens (including phenoxy) is 1. The zero-order valence-electron chi connectivity index (χ0n) is 22.5. The third-order valence-electron chi connectivity index (χ3n) is 9.22. The van der Waals surface area contributed by atoms with Crippen molar-refractivity contribution in [2.75, 3.05) is 19.1 Å². The number of methoxy groups -OCH3 is 1. The normalized spacial score (nSPS) is 32.6. The molecule has 2 aromatic rings. The van der Waals surface area contributed by atoms with Crippen LogP contribution in [0.4, 0.5) is 5.69 Å². The van der Waals surface area contributed by atoms with E-state index >= 15 is 0 Å². The number of phenolic OH excluding ortho intramolecular Hbond substituents is 1. The Bertz CT molecular complexity index is 1560. The summed E-state index contributed by atoms with van der Waals surface area (Å²) in [5.41, 5.74) is 2.57. The van der Waals surface area contributed by atoms with Crippen molar-refractivity contribution in [3.05, 3.63) is 64.2 Å². The van der Waals surface area contributed by atoms with Crippen LogP contribution in [-0.4, -0.2) is 57.5 Å². The number of amides is 4. The van der Waals surface area contributed by atoms with E-state index in [4.69, 9.17) is 39.5 Å². The number of imide groups is 2. The topological polar surface area (TPSA) is 104 Å². The highest BCUT2D eigenvalue weighted by molar-refractivity contribution is 6.53. The number of anilines is 1. The van der Waals surface area contributed by atoms with Crippen LogP contribution in [0.2, 0.25) is 5.02 Å². The Kier molecular flexibility index (Phi) is 6.49. The Morgan fingerprint density at radius 3 is 2.34 bits per heavy atom. The number of nitrogens with zero attached hydrogens (tertiary/aromatic N) is 2. The zero-order chi connectivity index (χ0) is 29.6. The lowest BCUT2D eigenvalue weighted by molar-refractivity contribution is -0.138. The van der Waals surface area contributed by atoms with Crippen molar-refractivity contribution in [2.45, 2.75) is 41.9 Å². The fourth-order valence-electron chi connectivity index (χ4n) is 7.17. The number of fused-ring (bicyclic) bond motifs is 4. The summed E-state index contributed by atoms with van der Waals surface area (Å²) in [6.07, 6.45) is 2.79. The minimum atomic E-state index is -1.96. The summed E-state index contributed by atoms with van der Waals surface area (Å²) < 4.78 is 5.31. The largest absolute Gasteiger partial charge is 0.503 e. The minimum absolute atomic E-state index is 0.0447. The van der Waals surface area contributed by atoms with Crippen molar-refractivity contribution in [3.8, 4) is 11.5 Å². The van der Waals surface area contributed by atoms with Gasteiger partial charge in [-0.15, -0.1) is 23.2 Å². The van der Waals surface area contributed by atoms with Crippen molar-refractivity contribution in [1.82, 2.24) is 4.90 Å². The number of benzene rings is 2. The highest BCUT2D eigenvalue weighted by Crippen LogP contribution is 2.65. The summed E-state index contributed by atoms with van der Waals surface area (Å²) in [5, 5.41) is 10.4. The van der Waals surface area contributed by atoms with Gasteiger partial charge in [0.25, 0.3) is 11.8 Å². The van der Waals surface area contributed by atoms with Gasteiger partial charge in [0, 0.05) is 13.0 Å². The SMILES string of the molecule is CCc1ccc(N2C(=O)[C@H]3[C@H](CC=C4[C@H]3C[C@@]3(Cl)C(=O)N(C)C(=O)[C@@]3(Cl)[C@H]4c3cc(Cl)c(O)c(OC)c3)C2=O)cc1. The van der Waals surface area contributed by atoms with Crippen molar-refractivity contribution in [2.24, 2.45) is 17.8 Å². The summed E-state index contributed by atoms with van der Waals surface area (Å²) in [5.74, 6) is -5.44. The Hall–Kier alpha value is -3.07. The number of carbonyl (C=O) groups is 4. The van der Waals surface area contributed by atoms with Crippen LogP contribution < -0.4 is 9.64 Å². The van der Waals surface area contributed by atoms with Gasteiger partial charge in [0.15, 0.2) is 21.2 Å². The lowest BCUT2D eigenvalue weighted by Crippen LogP contribution is -2.60. The number of carbonyl (C=O) groups excluding carboxylic acids is 4. The molecule has 2 heterocycles. The van der Waals surface area contributed by atoms with Crippen LogP contribution >= 0.6 is 34.8 Å². The monoisotopic (exact) mass is 616 g/mol.